The number of rotatable bonds is 9. The molecule has 2 N–H and O–H groups in total. The van der Waals surface area contributed by atoms with E-state index in [0.717, 1.165) is 18.4 Å². The van der Waals surface area contributed by atoms with E-state index < -0.39 is 5.97 Å². The van der Waals surface area contributed by atoms with E-state index in [0.29, 0.717) is 30.2 Å². The van der Waals surface area contributed by atoms with E-state index in [2.05, 4.69) is 17.2 Å². The molecule has 0 saturated heterocycles. The Kier molecular flexibility index (Phi) is 7.41. The summed E-state index contributed by atoms with van der Waals surface area (Å²) in [5.74, 6) is -1.01. The van der Waals surface area contributed by atoms with Gasteiger partial charge in [-0.15, -0.1) is 0 Å². The fraction of sp³-hybridized carbons (Fsp3) is 0.316. The fourth-order valence-corrected chi connectivity index (χ4v) is 2.41. The lowest BCUT2D eigenvalue weighted by atomic mass is 10.1. The van der Waals surface area contributed by atoms with Crippen molar-refractivity contribution in [3.63, 3.8) is 0 Å². The average molecular weight is 377 g/mol. The second kappa shape index (κ2) is 9.77. The van der Waals surface area contributed by atoms with E-state index >= 15 is 0 Å². The van der Waals surface area contributed by atoms with Gasteiger partial charge in [0.15, 0.2) is 0 Å². The summed E-state index contributed by atoms with van der Waals surface area (Å²) < 4.78 is 5.57. The van der Waals surface area contributed by atoms with Gasteiger partial charge in [-0.3, -0.25) is 4.79 Å². The van der Waals surface area contributed by atoms with Crippen molar-refractivity contribution in [1.29, 1.82) is 0 Å². The molecule has 0 bridgehead atoms. The number of benzene rings is 1. The zero-order chi connectivity index (χ0) is 18.9. The number of pyridine rings is 1. The smallest absolute Gasteiger partial charge is 0.335 e. The van der Waals surface area contributed by atoms with Crippen LogP contribution in [0.2, 0.25) is 5.02 Å². The fourth-order valence-electron chi connectivity index (χ4n) is 2.25. The van der Waals surface area contributed by atoms with Crippen LogP contribution in [0.4, 0.5) is 0 Å². The second-order valence-corrected chi connectivity index (χ2v) is 6.15. The van der Waals surface area contributed by atoms with E-state index in [1.807, 2.05) is 0 Å². The van der Waals surface area contributed by atoms with Crippen molar-refractivity contribution < 1.29 is 19.4 Å². The van der Waals surface area contributed by atoms with Gasteiger partial charge in [0.2, 0.25) is 5.88 Å². The molecular weight excluding hydrogens is 356 g/mol. The van der Waals surface area contributed by atoms with Gasteiger partial charge in [0.1, 0.15) is 5.56 Å². The van der Waals surface area contributed by atoms with Crippen molar-refractivity contribution in [2.75, 3.05) is 13.2 Å². The Balaban J connectivity index is 1.94. The first-order valence-corrected chi connectivity index (χ1v) is 8.78. The molecule has 1 amide bonds. The number of amides is 1. The van der Waals surface area contributed by atoms with Crippen molar-refractivity contribution in [2.45, 2.75) is 26.2 Å². The summed E-state index contributed by atoms with van der Waals surface area (Å²) in [5, 5.41) is 12.1. The van der Waals surface area contributed by atoms with Crippen LogP contribution in [-0.4, -0.2) is 35.1 Å². The maximum atomic E-state index is 12.4. The predicted octanol–water partition coefficient (Wildman–Crippen LogP) is 3.58. The number of unbranched alkanes of at least 4 members (excludes halogenated alkanes) is 1. The summed E-state index contributed by atoms with van der Waals surface area (Å²) in [6, 6.07) is 8.08. The minimum atomic E-state index is -0.964. The van der Waals surface area contributed by atoms with Crippen LogP contribution in [0.5, 0.6) is 5.88 Å². The molecule has 26 heavy (non-hydrogen) atoms. The molecule has 1 aromatic heterocycles. The van der Waals surface area contributed by atoms with Crippen LogP contribution in [0.1, 0.15) is 46.0 Å². The van der Waals surface area contributed by atoms with Gasteiger partial charge < -0.3 is 15.2 Å². The van der Waals surface area contributed by atoms with E-state index in [-0.39, 0.29) is 17.4 Å². The molecule has 0 aliphatic heterocycles. The Bertz CT molecular complexity index is 763. The second-order valence-electron chi connectivity index (χ2n) is 5.72. The number of nitrogens with zero attached hydrogens (tertiary/aromatic N) is 1. The lowest BCUT2D eigenvalue weighted by Crippen LogP contribution is -2.26. The number of carbonyl (C=O) groups excluding carboxylic acids is 1. The number of hydrogen-bond acceptors (Lipinski definition) is 4. The molecule has 6 nitrogen and oxygen atoms in total. The normalized spacial score (nSPS) is 10.4. The van der Waals surface area contributed by atoms with E-state index in [1.54, 1.807) is 24.3 Å². The van der Waals surface area contributed by atoms with E-state index in [1.165, 1.54) is 12.3 Å². The third kappa shape index (κ3) is 5.74. The Morgan fingerprint density at radius 1 is 1.27 bits per heavy atom. The maximum Gasteiger partial charge on any atom is 0.335 e. The summed E-state index contributed by atoms with van der Waals surface area (Å²) in [4.78, 5) is 27.4. The molecule has 0 radical (unpaired) electrons. The Hall–Kier alpha value is -2.60. The molecule has 0 aliphatic carbocycles. The van der Waals surface area contributed by atoms with Crippen molar-refractivity contribution in [2.24, 2.45) is 0 Å². The number of aromatic carboxylic acids is 1. The van der Waals surface area contributed by atoms with Crippen molar-refractivity contribution in [3.05, 3.63) is 58.2 Å². The lowest BCUT2D eigenvalue weighted by Gasteiger charge is -2.11. The van der Waals surface area contributed by atoms with Crippen LogP contribution in [0.3, 0.4) is 0 Å². The first-order chi connectivity index (χ1) is 12.5. The molecule has 0 spiro atoms. The van der Waals surface area contributed by atoms with Gasteiger partial charge in [-0.25, -0.2) is 9.78 Å². The molecule has 0 aliphatic rings. The van der Waals surface area contributed by atoms with Crippen LogP contribution in [-0.2, 0) is 6.42 Å². The third-order valence-electron chi connectivity index (χ3n) is 3.70. The van der Waals surface area contributed by atoms with Crippen LogP contribution in [0, 0.1) is 0 Å². The van der Waals surface area contributed by atoms with Crippen LogP contribution < -0.4 is 10.1 Å². The van der Waals surface area contributed by atoms with Crippen molar-refractivity contribution in [1.82, 2.24) is 10.3 Å². The molecule has 2 aromatic rings. The largest absolute Gasteiger partial charge is 0.478 e. The molecule has 1 aromatic carbocycles. The standard InChI is InChI=1S/C19H21ClN2O4/c1-2-3-10-26-18-16(11-15(20)12-22-18)17(23)21-9-8-13-4-6-14(7-5-13)19(24)25/h4-7,11-12H,2-3,8-10H2,1H3,(H,21,23)(H,24,25). The van der Waals surface area contributed by atoms with Gasteiger partial charge in [-0.1, -0.05) is 37.1 Å². The predicted molar refractivity (Wildman–Crippen MR) is 99.1 cm³/mol. The van der Waals surface area contributed by atoms with Gasteiger partial charge in [0.05, 0.1) is 17.2 Å². The topological polar surface area (TPSA) is 88.5 Å². The Labute approximate surface area is 157 Å². The Morgan fingerprint density at radius 2 is 2.00 bits per heavy atom. The lowest BCUT2D eigenvalue weighted by molar-refractivity contribution is 0.0696. The Morgan fingerprint density at radius 3 is 2.65 bits per heavy atom. The van der Waals surface area contributed by atoms with Gasteiger partial charge in [-0.2, -0.15) is 0 Å². The van der Waals surface area contributed by atoms with Crippen molar-refractivity contribution in [3.8, 4) is 5.88 Å². The summed E-state index contributed by atoms with van der Waals surface area (Å²) in [6.07, 6.45) is 3.88. The van der Waals surface area contributed by atoms with Crippen molar-refractivity contribution >= 4 is 23.5 Å². The number of carboxylic acid groups (broad SMARTS) is 1. The van der Waals surface area contributed by atoms with Crippen LogP contribution >= 0.6 is 11.6 Å². The molecular formula is C19H21ClN2O4. The van der Waals surface area contributed by atoms with Gasteiger partial charge in [0, 0.05) is 12.7 Å². The molecule has 0 atom stereocenters. The van der Waals surface area contributed by atoms with E-state index in [9.17, 15) is 9.59 Å². The zero-order valence-corrected chi connectivity index (χ0v) is 15.3. The first kappa shape index (κ1) is 19.7. The number of carboxylic acids is 1. The highest BCUT2D eigenvalue weighted by Crippen LogP contribution is 2.20. The number of hydrogen-bond donors (Lipinski definition) is 2. The zero-order valence-electron chi connectivity index (χ0n) is 14.5. The minimum absolute atomic E-state index is 0.233. The van der Waals surface area contributed by atoms with Gasteiger partial charge >= 0.3 is 5.97 Å². The molecule has 138 valence electrons. The average Bonchev–Trinajstić information content (AvgIpc) is 2.63. The summed E-state index contributed by atoms with van der Waals surface area (Å²) in [6.45, 7) is 2.93. The minimum Gasteiger partial charge on any atom is -0.478 e. The summed E-state index contributed by atoms with van der Waals surface area (Å²) in [7, 11) is 0. The molecule has 0 unspecified atom stereocenters. The van der Waals surface area contributed by atoms with E-state index in [4.69, 9.17) is 21.4 Å². The monoisotopic (exact) mass is 376 g/mol. The highest BCUT2D eigenvalue weighted by molar-refractivity contribution is 6.30. The molecule has 2 rings (SSSR count). The van der Waals surface area contributed by atoms with Crippen LogP contribution in [0.15, 0.2) is 36.5 Å². The summed E-state index contributed by atoms with van der Waals surface area (Å²) >= 11 is 5.95. The van der Waals surface area contributed by atoms with Crippen LogP contribution in [0.25, 0.3) is 0 Å². The highest BCUT2D eigenvalue weighted by atomic mass is 35.5. The van der Waals surface area contributed by atoms with Gasteiger partial charge in [0.25, 0.3) is 5.91 Å². The number of halogens is 1. The number of aromatic nitrogens is 1. The quantitative estimate of drug-likeness (QED) is 0.653. The molecule has 7 heteroatoms. The molecule has 1 heterocycles. The molecule has 0 fully saturated rings. The molecule has 0 saturated carbocycles. The van der Waals surface area contributed by atoms with Gasteiger partial charge in [-0.05, 0) is 36.6 Å². The first-order valence-electron chi connectivity index (χ1n) is 8.40. The third-order valence-corrected chi connectivity index (χ3v) is 3.91. The maximum absolute atomic E-state index is 12.4. The number of nitrogens with one attached hydrogen (secondary N) is 1. The number of carbonyl (C=O) groups is 2. The number of ether oxygens (including phenoxy) is 1. The SMILES string of the molecule is CCCCOc1ncc(Cl)cc1C(=O)NCCc1ccc(C(=O)O)cc1. The highest BCUT2D eigenvalue weighted by Gasteiger charge is 2.14. The summed E-state index contributed by atoms with van der Waals surface area (Å²) in [5.41, 5.74) is 1.46.